The number of hydrogen-bond donors (Lipinski definition) is 1. The first-order chi connectivity index (χ1) is 16.1. The number of ether oxygens (including phenoxy) is 1. The highest BCUT2D eigenvalue weighted by molar-refractivity contribution is 8.00. The average molecular weight is 452 g/mol. The molecule has 33 heavy (non-hydrogen) atoms. The Balaban J connectivity index is 1.89. The third-order valence-electron chi connectivity index (χ3n) is 5.16. The molecule has 0 radical (unpaired) electrons. The zero-order chi connectivity index (χ0) is 23.2. The van der Waals surface area contributed by atoms with Gasteiger partial charge >= 0.3 is 0 Å². The van der Waals surface area contributed by atoms with Gasteiger partial charge in [-0.3, -0.25) is 4.79 Å². The van der Waals surface area contributed by atoms with Crippen LogP contribution in [-0.2, 0) is 4.79 Å². The molecule has 3 aromatic carbocycles. The molecule has 0 aliphatic rings. The van der Waals surface area contributed by atoms with Crippen LogP contribution in [0.2, 0.25) is 0 Å². The molecule has 0 spiro atoms. The lowest BCUT2D eigenvalue weighted by Crippen LogP contribution is -2.19. The fourth-order valence-electron chi connectivity index (χ4n) is 3.50. The summed E-state index contributed by atoms with van der Waals surface area (Å²) in [7, 11) is 1.61. The van der Waals surface area contributed by atoms with Crippen molar-refractivity contribution < 1.29 is 9.53 Å². The quantitative estimate of drug-likeness (QED) is 0.369. The molecule has 4 aromatic rings. The SMILES string of the molecule is COc1ccc(-c2cc(-c3ccccc3)nc(S[C@@H](C(N)=O)c3ccccc3)c2C#N)cc1. The molecule has 2 N–H and O–H groups in total. The highest BCUT2D eigenvalue weighted by Crippen LogP contribution is 2.40. The number of carbonyl (C=O) groups excluding carboxylic acids is 1. The molecule has 6 heteroatoms. The second-order valence-electron chi connectivity index (χ2n) is 7.25. The van der Waals surface area contributed by atoms with Crippen molar-refractivity contribution in [3.63, 3.8) is 0 Å². The number of amides is 1. The Labute approximate surface area is 196 Å². The van der Waals surface area contributed by atoms with E-state index in [0.29, 0.717) is 16.3 Å². The molecular weight excluding hydrogens is 430 g/mol. The number of methoxy groups -OCH3 is 1. The van der Waals surface area contributed by atoms with Crippen LogP contribution in [0.5, 0.6) is 5.75 Å². The highest BCUT2D eigenvalue weighted by atomic mass is 32.2. The topological polar surface area (TPSA) is 89.0 Å². The number of pyridine rings is 1. The Morgan fingerprint density at radius 2 is 1.61 bits per heavy atom. The van der Waals surface area contributed by atoms with Crippen LogP contribution in [0.1, 0.15) is 16.4 Å². The molecule has 0 aliphatic heterocycles. The van der Waals surface area contributed by atoms with Gasteiger partial charge in [-0.25, -0.2) is 4.98 Å². The van der Waals surface area contributed by atoms with Gasteiger partial charge in [0, 0.05) is 11.1 Å². The van der Waals surface area contributed by atoms with Crippen molar-refractivity contribution in [1.29, 1.82) is 5.26 Å². The summed E-state index contributed by atoms with van der Waals surface area (Å²) in [6.45, 7) is 0. The second kappa shape index (κ2) is 10.0. The maximum absolute atomic E-state index is 12.4. The number of benzene rings is 3. The molecule has 1 atom stereocenters. The van der Waals surface area contributed by atoms with Gasteiger partial charge in [-0.1, -0.05) is 84.6 Å². The zero-order valence-corrected chi connectivity index (χ0v) is 18.8. The van der Waals surface area contributed by atoms with Crippen molar-refractivity contribution in [2.24, 2.45) is 5.73 Å². The first-order valence-corrected chi connectivity index (χ1v) is 11.1. The fourth-order valence-corrected chi connectivity index (χ4v) is 4.56. The minimum Gasteiger partial charge on any atom is -0.497 e. The molecule has 1 aromatic heterocycles. The molecule has 0 aliphatic carbocycles. The van der Waals surface area contributed by atoms with Crippen LogP contribution in [0.25, 0.3) is 22.4 Å². The van der Waals surface area contributed by atoms with Crippen LogP contribution in [-0.4, -0.2) is 18.0 Å². The first kappa shape index (κ1) is 22.1. The lowest BCUT2D eigenvalue weighted by Gasteiger charge is -2.17. The molecule has 1 amide bonds. The third kappa shape index (κ3) is 4.89. The third-order valence-corrected chi connectivity index (χ3v) is 6.42. The van der Waals surface area contributed by atoms with E-state index in [9.17, 15) is 10.1 Å². The summed E-state index contributed by atoms with van der Waals surface area (Å²) < 4.78 is 5.27. The minimum absolute atomic E-state index is 0.395. The predicted molar refractivity (Wildman–Crippen MR) is 131 cm³/mol. The van der Waals surface area contributed by atoms with Crippen molar-refractivity contribution in [1.82, 2.24) is 4.98 Å². The summed E-state index contributed by atoms with van der Waals surface area (Å²) in [6.07, 6.45) is 0. The van der Waals surface area contributed by atoms with Crippen molar-refractivity contribution in [3.8, 4) is 34.2 Å². The van der Waals surface area contributed by atoms with Crippen LogP contribution < -0.4 is 10.5 Å². The monoisotopic (exact) mass is 451 g/mol. The molecule has 0 unspecified atom stereocenters. The summed E-state index contributed by atoms with van der Waals surface area (Å²) in [5.41, 5.74) is 10.1. The zero-order valence-electron chi connectivity index (χ0n) is 17.9. The van der Waals surface area contributed by atoms with Crippen molar-refractivity contribution in [2.45, 2.75) is 10.3 Å². The lowest BCUT2D eigenvalue weighted by molar-refractivity contribution is -0.117. The lowest BCUT2D eigenvalue weighted by atomic mass is 9.99. The molecule has 0 fully saturated rings. The van der Waals surface area contributed by atoms with Gasteiger partial charge in [-0.2, -0.15) is 5.26 Å². The van der Waals surface area contributed by atoms with Crippen molar-refractivity contribution in [2.75, 3.05) is 7.11 Å². The molecule has 0 saturated carbocycles. The van der Waals surface area contributed by atoms with E-state index in [1.807, 2.05) is 91.0 Å². The van der Waals surface area contributed by atoms with Gasteiger partial charge in [-0.15, -0.1) is 0 Å². The molecule has 1 heterocycles. The minimum atomic E-state index is -0.680. The summed E-state index contributed by atoms with van der Waals surface area (Å²) in [6, 6.07) is 30.7. The van der Waals surface area contributed by atoms with Crippen LogP contribution >= 0.6 is 11.8 Å². The maximum atomic E-state index is 12.4. The van der Waals surface area contributed by atoms with E-state index in [1.165, 1.54) is 11.8 Å². The number of nitrogens with two attached hydrogens (primary N) is 1. The van der Waals surface area contributed by atoms with Gasteiger partial charge in [0.25, 0.3) is 0 Å². The molecule has 0 saturated heterocycles. The van der Waals surface area contributed by atoms with E-state index in [-0.39, 0.29) is 0 Å². The molecule has 162 valence electrons. The average Bonchev–Trinajstić information content (AvgIpc) is 2.87. The first-order valence-electron chi connectivity index (χ1n) is 10.3. The molecule has 4 rings (SSSR count). The Morgan fingerprint density at radius 3 is 2.18 bits per heavy atom. The smallest absolute Gasteiger partial charge is 0.235 e. The van der Waals surface area contributed by atoms with Crippen molar-refractivity contribution in [3.05, 3.63) is 102 Å². The van der Waals surface area contributed by atoms with Gasteiger partial charge in [0.1, 0.15) is 22.1 Å². The number of hydrogen-bond acceptors (Lipinski definition) is 5. The number of carbonyl (C=O) groups is 1. The van der Waals surface area contributed by atoms with Crippen LogP contribution in [0.15, 0.2) is 96.0 Å². The van der Waals surface area contributed by atoms with Crippen molar-refractivity contribution >= 4 is 17.7 Å². The Morgan fingerprint density at radius 1 is 0.970 bits per heavy atom. The highest BCUT2D eigenvalue weighted by Gasteiger charge is 2.24. The summed E-state index contributed by atoms with van der Waals surface area (Å²) in [4.78, 5) is 17.2. The van der Waals surface area contributed by atoms with Crippen LogP contribution in [0.4, 0.5) is 0 Å². The van der Waals surface area contributed by atoms with Gasteiger partial charge < -0.3 is 10.5 Å². The number of primary amides is 1. The molecule has 0 bridgehead atoms. The molecular formula is C27H21N3O2S. The molecule has 5 nitrogen and oxygen atoms in total. The van der Waals surface area contributed by atoms with E-state index in [4.69, 9.17) is 15.5 Å². The number of nitrogens with zero attached hydrogens (tertiary/aromatic N) is 2. The fraction of sp³-hybridized carbons (Fsp3) is 0.0741. The Bertz CT molecular complexity index is 1300. The number of nitriles is 1. The Kier molecular flexibility index (Phi) is 6.72. The Hall–Kier alpha value is -4.08. The normalized spacial score (nSPS) is 11.4. The standard InChI is InChI=1S/C27H21N3O2S/c1-32-21-14-12-18(13-15-21)22-16-24(19-8-4-2-5-9-19)30-27(23(22)17-28)33-25(26(29)31)20-10-6-3-7-11-20/h2-16,25H,1H3,(H2,29,31)/t25-/m1/s1. The largest absolute Gasteiger partial charge is 0.497 e. The van der Waals surface area contributed by atoms with E-state index in [1.54, 1.807) is 7.11 Å². The van der Waals surface area contributed by atoms with E-state index < -0.39 is 11.2 Å². The van der Waals surface area contributed by atoms with Gasteiger partial charge in [0.2, 0.25) is 5.91 Å². The van der Waals surface area contributed by atoms with E-state index in [2.05, 4.69) is 6.07 Å². The van der Waals surface area contributed by atoms with Gasteiger partial charge in [0.05, 0.1) is 18.4 Å². The van der Waals surface area contributed by atoms with Gasteiger partial charge in [0.15, 0.2) is 0 Å². The summed E-state index contributed by atoms with van der Waals surface area (Å²) >= 11 is 1.19. The van der Waals surface area contributed by atoms with E-state index in [0.717, 1.165) is 28.0 Å². The number of thioether (sulfide) groups is 1. The van der Waals surface area contributed by atoms with Gasteiger partial charge in [-0.05, 0) is 29.3 Å². The van der Waals surface area contributed by atoms with Crippen LogP contribution in [0, 0.1) is 11.3 Å². The summed E-state index contributed by atoms with van der Waals surface area (Å²) in [5.74, 6) is 0.232. The number of rotatable bonds is 7. The maximum Gasteiger partial charge on any atom is 0.235 e. The second-order valence-corrected chi connectivity index (χ2v) is 8.35. The van der Waals surface area contributed by atoms with Crippen LogP contribution in [0.3, 0.4) is 0 Å². The van der Waals surface area contributed by atoms with E-state index >= 15 is 0 Å². The predicted octanol–water partition coefficient (Wildman–Crippen LogP) is 5.61. The number of aromatic nitrogens is 1. The summed E-state index contributed by atoms with van der Waals surface area (Å²) in [5, 5.41) is 9.88.